The van der Waals surface area contributed by atoms with Gasteiger partial charge in [-0.25, -0.2) is 0 Å². The summed E-state index contributed by atoms with van der Waals surface area (Å²) >= 11 is 0. The Labute approximate surface area is 147 Å². The predicted molar refractivity (Wildman–Crippen MR) is 101 cm³/mol. The van der Waals surface area contributed by atoms with Crippen molar-refractivity contribution in [2.45, 2.75) is 6.92 Å². The van der Waals surface area contributed by atoms with E-state index in [9.17, 15) is 0 Å². The summed E-state index contributed by atoms with van der Waals surface area (Å²) in [4.78, 5) is 13.8. The molecule has 0 N–H and O–H groups in total. The van der Waals surface area contributed by atoms with Crippen molar-refractivity contribution >= 4 is 0 Å². The molecule has 0 fully saturated rings. The Morgan fingerprint density at radius 3 is 1.88 bits per heavy atom. The number of hydrogen-bond acceptors (Lipinski definition) is 3. The lowest BCUT2D eigenvalue weighted by Crippen LogP contribution is -1.95. The van der Waals surface area contributed by atoms with E-state index in [-0.39, 0.29) is 0 Å². The van der Waals surface area contributed by atoms with Gasteiger partial charge in [0, 0.05) is 29.7 Å². The summed E-state index contributed by atoms with van der Waals surface area (Å²) in [6.45, 7) is 2.09. The maximum atomic E-state index is 4.64. The van der Waals surface area contributed by atoms with Gasteiger partial charge in [-0.1, -0.05) is 42.0 Å². The highest BCUT2D eigenvalue weighted by molar-refractivity contribution is 5.86. The molecule has 3 nitrogen and oxygen atoms in total. The Morgan fingerprint density at radius 2 is 1.20 bits per heavy atom. The average molecular weight is 323 g/mol. The highest BCUT2D eigenvalue weighted by Gasteiger charge is 2.15. The molecule has 0 spiro atoms. The number of aromatic nitrogens is 3. The van der Waals surface area contributed by atoms with E-state index in [0.717, 1.165) is 33.8 Å². The molecule has 0 saturated heterocycles. The van der Waals surface area contributed by atoms with Crippen LogP contribution in [-0.4, -0.2) is 15.0 Å². The van der Waals surface area contributed by atoms with Crippen LogP contribution < -0.4 is 0 Å². The molecule has 0 unspecified atom stereocenters. The van der Waals surface area contributed by atoms with Crippen LogP contribution >= 0.6 is 0 Å². The molecule has 120 valence electrons. The zero-order valence-electron chi connectivity index (χ0n) is 13.9. The summed E-state index contributed by atoms with van der Waals surface area (Å²) in [6, 6.07) is 22.4. The number of benzene rings is 1. The summed E-state index contributed by atoms with van der Waals surface area (Å²) in [6.07, 6.45) is 5.41. The summed E-state index contributed by atoms with van der Waals surface area (Å²) in [7, 11) is 0. The molecule has 0 radical (unpaired) electrons. The minimum Gasteiger partial charge on any atom is -0.256 e. The van der Waals surface area contributed by atoms with Gasteiger partial charge in [0.15, 0.2) is 0 Å². The van der Waals surface area contributed by atoms with Gasteiger partial charge in [0.1, 0.15) is 0 Å². The van der Waals surface area contributed by atoms with Crippen molar-refractivity contribution in [1.29, 1.82) is 0 Å². The van der Waals surface area contributed by atoms with E-state index in [4.69, 9.17) is 0 Å². The highest BCUT2D eigenvalue weighted by atomic mass is 14.8. The summed E-state index contributed by atoms with van der Waals surface area (Å²) in [5.74, 6) is 0. The van der Waals surface area contributed by atoms with E-state index in [0.29, 0.717) is 0 Å². The first-order chi connectivity index (χ1) is 12.3. The molecular weight excluding hydrogens is 306 g/mol. The lowest BCUT2D eigenvalue weighted by molar-refractivity contribution is 1.23. The molecule has 3 heteroatoms. The Morgan fingerprint density at radius 1 is 0.560 bits per heavy atom. The maximum absolute atomic E-state index is 4.64. The van der Waals surface area contributed by atoms with Crippen LogP contribution in [0.3, 0.4) is 0 Å². The molecule has 4 rings (SSSR count). The van der Waals surface area contributed by atoms with E-state index >= 15 is 0 Å². The molecule has 3 heterocycles. The third kappa shape index (κ3) is 3.04. The third-order valence-electron chi connectivity index (χ3n) is 4.14. The standard InChI is InChI=1S/C22H17N3/c1-16-9-11-17(12-10-16)18-6-4-14-24-21(18)22-19(7-5-15-25-22)20-8-2-3-13-23-20/h2-15H,1H3. The first-order valence-corrected chi connectivity index (χ1v) is 8.22. The van der Waals surface area contributed by atoms with Crippen molar-refractivity contribution in [3.05, 3.63) is 90.9 Å². The van der Waals surface area contributed by atoms with Crippen LogP contribution in [0, 0.1) is 6.92 Å². The fraction of sp³-hybridized carbons (Fsp3) is 0.0455. The Bertz CT molecular complexity index is 993. The van der Waals surface area contributed by atoms with Gasteiger partial charge in [-0.15, -0.1) is 0 Å². The van der Waals surface area contributed by atoms with Crippen LogP contribution in [0.2, 0.25) is 0 Å². The fourth-order valence-corrected chi connectivity index (χ4v) is 2.88. The second-order valence-corrected chi connectivity index (χ2v) is 5.88. The quantitative estimate of drug-likeness (QED) is 0.521. The SMILES string of the molecule is Cc1ccc(-c2cccnc2-c2ncccc2-c2ccccn2)cc1. The van der Waals surface area contributed by atoms with Crippen molar-refractivity contribution in [2.75, 3.05) is 0 Å². The van der Waals surface area contributed by atoms with Gasteiger partial charge in [0.05, 0.1) is 17.1 Å². The van der Waals surface area contributed by atoms with Gasteiger partial charge < -0.3 is 0 Å². The number of rotatable bonds is 3. The summed E-state index contributed by atoms with van der Waals surface area (Å²) in [5.41, 5.74) is 7.03. The molecule has 0 aliphatic rings. The van der Waals surface area contributed by atoms with Crippen molar-refractivity contribution in [3.8, 4) is 33.8 Å². The summed E-state index contributed by atoms with van der Waals surface area (Å²) in [5, 5.41) is 0. The smallest absolute Gasteiger partial charge is 0.0986 e. The van der Waals surface area contributed by atoms with Crippen LogP contribution in [0.1, 0.15) is 5.56 Å². The molecule has 0 aliphatic heterocycles. The third-order valence-corrected chi connectivity index (χ3v) is 4.14. The molecule has 0 saturated carbocycles. The van der Waals surface area contributed by atoms with Crippen LogP contribution in [0.25, 0.3) is 33.8 Å². The van der Waals surface area contributed by atoms with Crippen LogP contribution in [0.15, 0.2) is 85.3 Å². The first-order valence-electron chi connectivity index (χ1n) is 8.22. The maximum Gasteiger partial charge on any atom is 0.0986 e. The molecule has 25 heavy (non-hydrogen) atoms. The van der Waals surface area contributed by atoms with Gasteiger partial charge >= 0.3 is 0 Å². The second-order valence-electron chi connectivity index (χ2n) is 5.88. The molecule has 4 aromatic rings. The second kappa shape index (κ2) is 6.65. The van der Waals surface area contributed by atoms with Crippen LogP contribution in [0.5, 0.6) is 0 Å². The normalized spacial score (nSPS) is 10.6. The lowest BCUT2D eigenvalue weighted by atomic mass is 9.98. The van der Waals surface area contributed by atoms with Gasteiger partial charge in [-0.3, -0.25) is 15.0 Å². The predicted octanol–water partition coefficient (Wildman–Crippen LogP) is 5.18. The first kappa shape index (κ1) is 15.2. The minimum atomic E-state index is 0.845. The van der Waals surface area contributed by atoms with Crippen molar-refractivity contribution < 1.29 is 0 Å². The van der Waals surface area contributed by atoms with Gasteiger partial charge in [0.2, 0.25) is 0 Å². The summed E-state index contributed by atoms with van der Waals surface area (Å²) < 4.78 is 0. The van der Waals surface area contributed by atoms with Gasteiger partial charge in [0.25, 0.3) is 0 Å². The molecule has 0 bridgehead atoms. The molecule has 0 atom stereocenters. The van der Waals surface area contributed by atoms with Crippen molar-refractivity contribution in [3.63, 3.8) is 0 Å². The number of hydrogen-bond donors (Lipinski definition) is 0. The molecular formula is C22H17N3. The zero-order valence-corrected chi connectivity index (χ0v) is 13.9. The van der Waals surface area contributed by atoms with Crippen LogP contribution in [-0.2, 0) is 0 Å². The fourth-order valence-electron chi connectivity index (χ4n) is 2.88. The van der Waals surface area contributed by atoms with E-state index in [2.05, 4.69) is 52.2 Å². The Hall–Kier alpha value is -3.33. The number of aryl methyl sites for hydroxylation is 1. The molecule has 3 aromatic heterocycles. The average Bonchev–Trinajstić information content (AvgIpc) is 2.69. The van der Waals surface area contributed by atoms with Crippen LogP contribution in [0.4, 0.5) is 0 Å². The lowest BCUT2D eigenvalue weighted by Gasteiger charge is -2.12. The molecule has 0 amide bonds. The number of nitrogens with zero attached hydrogens (tertiary/aromatic N) is 3. The van der Waals surface area contributed by atoms with Gasteiger partial charge in [-0.2, -0.15) is 0 Å². The molecule has 1 aromatic carbocycles. The Balaban J connectivity index is 1.91. The van der Waals surface area contributed by atoms with E-state index in [1.165, 1.54) is 5.56 Å². The number of pyridine rings is 3. The topological polar surface area (TPSA) is 38.7 Å². The van der Waals surface area contributed by atoms with E-state index < -0.39 is 0 Å². The Kier molecular flexibility index (Phi) is 4.05. The van der Waals surface area contributed by atoms with E-state index in [1.54, 1.807) is 12.4 Å². The molecule has 0 aliphatic carbocycles. The minimum absolute atomic E-state index is 0.845. The largest absolute Gasteiger partial charge is 0.256 e. The highest BCUT2D eigenvalue weighted by Crippen LogP contribution is 2.34. The van der Waals surface area contributed by atoms with Crippen molar-refractivity contribution in [2.24, 2.45) is 0 Å². The van der Waals surface area contributed by atoms with Crippen molar-refractivity contribution in [1.82, 2.24) is 15.0 Å². The van der Waals surface area contributed by atoms with E-state index in [1.807, 2.05) is 42.6 Å². The van der Waals surface area contributed by atoms with Gasteiger partial charge in [-0.05, 0) is 42.8 Å². The zero-order chi connectivity index (χ0) is 17.1. The monoisotopic (exact) mass is 323 g/mol.